The van der Waals surface area contributed by atoms with E-state index in [4.69, 9.17) is 23.2 Å². The Morgan fingerprint density at radius 2 is 1.02 bits per heavy atom. The molecule has 5 aromatic rings. The molecular weight excluding hydrogens is 654 g/mol. The first-order chi connectivity index (χ1) is 19.8. The fraction of sp³-hybridized carbons (Fsp3) is 0.0833. The predicted octanol–water partition coefficient (Wildman–Crippen LogP) is 7.18. The summed E-state index contributed by atoms with van der Waals surface area (Å²) in [5.74, 6) is -0.405. The van der Waals surface area contributed by atoms with Crippen molar-refractivity contribution >= 4 is 58.1 Å². The minimum absolute atomic E-state index is 0.0707. The average Bonchev–Trinajstić information content (AvgIpc) is 3.01. The number of benzene rings is 5. The Hall–Kier alpha value is -3.15. The van der Waals surface area contributed by atoms with Crippen molar-refractivity contribution in [3.63, 3.8) is 0 Å². The summed E-state index contributed by atoms with van der Waals surface area (Å²) < 4.78 is 4.59. The topological polar surface area (TPSA) is 37.3 Å². The molecule has 0 aliphatic carbocycles. The van der Waals surface area contributed by atoms with Gasteiger partial charge in [-0.15, -0.1) is 0 Å². The van der Waals surface area contributed by atoms with Crippen LogP contribution in [0.3, 0.4) is 0 Å². The van der Waals surface area contributed by atoms with Crippen LogP contribution in [0.4, 0.5) is 0 Å². The van der Waals surface area contributed by atoms with Crippen LogP contribution in [-0.2, 0) is 5.60 Å². The third-order valence-corrected chi connectivity index (χ3v) is 22.4. The molecule has 0 heterocycles. The van der Waals surface area contributed by atoms with E-state index in [1.54, 1.807) is 48.5 Å². The van der Waals surface area contributed by atoms with Gasteiger partial charge in [-0.05, 0) is 0 Å². The van der Waals surface area contributed by atoms with Gasteiger partial charge in [-0.1, -0.05) is 0 Å². The van der Waals surface area contributed by atoms with E-state index in [2.05, 4.69) is 79.4 Å². The molecule has 41 heavy (non-hydrogen) atoms. The summed E-state index contributed by atoms with van der Waals surface area (Å²) in [6, 6.07) is 45.4. The molecule has 5 aromatic carbocycles. The van der Waals surface area contributed by atoms with Crippen molar-refractivity contribution in [3.8, 4) is 0 Å². The maximum atomic E-state index is 14.0. The Kier molecular flexibility index (Phi) is 9.15. The van der Waals surface area contributed by atoms with Crippen molar-refractivity contribution in [2.24, 2.45) is 0 Å². The van der Waals surface area contributed by atoms with Crippen molar-refractivity contribution in [3.05, 3.63) is 173 Å². The molecule has 5 heteroatoms. The van der Waals surface area contributed by atoms with Gasteiger partial charge in [0.2, 0.25) is 0 Å². The Morgan fingerprint density at radius 3 is 1.44 bits per heavy atom. The summed E-state index contributed by atoms with van der Waals surface area (Å²) >= 11 is 8.54. The van der Waals surface area contributed by atoms with Gasteiger partial charge in [0.1, 0.15) is 0 Å². The van der Waals surface area contributed by atoms with E-state index < -0.39 is 29.8 Å². The van der Waals surface area contributed by atoms with Gasteiger partial charge in [0.15, 0.2) is 0 Å². The number of rotatable bonds is 10. The molecule has 0 saturated carbocycles. The van der Waals surface area contributed by atoms with E-state index in [0.29, 0.717) is 25.6 Å². The number of carbonyl (C=O) groups excluding carboxylic acids is 1. The summed E-state index contributed by atoms with van der Waals surface area (Å²) in [5.41, 5.74) is -0.166. The van der Waals surface area contributed by atoms with Gasteiger partial charge in [0.05, 0.1) is 0 Å². The summed E-state index contributed by atoms with van der Waals surface area (Å²) in [6.07, 6.45) is 0.0707. The Bertz CT molecular complexity index is 1520. The van der Waals surface area contributed by atoms with Gasteiger partial charge in [0, 0.05) is 0 Å². The quantitative estimate of drug-likeness (QED) is 0.0963. The monoisotopic (exact) mass is 684 g/mol. The first-order valence-electron chi connectivity index (χ1n) is 13.4. The van der Waals surface area contributed by atoms with Crippen molar-refractivity contribution < 1.29 is 9.90 Å². The summed E-state index contributed by atoms with van der Waals surface area (Å²) in [7, 11) is 0. The second kappa shape index (κ2) is 12.8. The van der Waals surface area contributed by atoms with Crippen molar-refractivity contribution in [1.29, 1.82) is 0 Å². The average molecular weight is 684 g/mol. The molecular formula is C36H30Cl2O2Sn. The summed E-state index contributed by atoms with van der Waals surface area (Å²) in [4.78, 5) is 14.0. The molecule has 1 N–H and O–H groups in total. The maximum absolute atomic E-state index is 14.0. The zero-order valence-corrected chi connectivity index (χ0v) is 26.9. The number of halogens is 2. The van der Waals surface area contributed by atoms with Crippen LogP contribution in [0.15, 0.2) is 152 Å². The molecule has 0 radical (unpaired) electrons. The summed E-state index contributed by atoms with van der Waals surface area (Å²) in [5, 5.41) is 13.3. The fourth-order valence-electron chi connectivity index (χ4n) is 5.65. The van der Waals surface area contributed by atoms with Gasteiger partial charge < -0.3 is 0 Å². The van der Waals surface area contributed by atoms with E-state index in [-0.39, 0.29) is 6.42 Å². The van der Waals surface area contributed by atoms with E-state index in [1.807, 2.05) is 18.2 Å². The molecule has 0 aromatic heterocycles. The van der Waals surface area contributed by atoms with E-state index >= 15 is 0 Å². The van der Waals surface area contributed by atoms with Crippen LogP contribution in [-0.4, -0.2) is 29.3 Å². The fourth-order valence-corrected chi connectivity index (χ4v) is 19.5. The van der Waals surface area contributed by atoms with Crippen molar-refractivity contribution in [2.45, 2.75) is 16.5 Å². The number of ketones is 1. The second-order valence-corrected chi connectivity index (χ2v) is 22.3. The van der Waals surface area contributed by atoms with Gasteiger partial charge in [-0.3, -0.25) is 0 Å². The molecule has 204 valence electrons. The van der Waals surface area contributed by atoms with Crippen LogP contribution < -0.4 is 10.7 Å². The molecule has 1 unspecified atom stereocenters. The molecule has 0 aliphatic rings. The molecule has 0 spiro atoms. The standard InChI is InChI=1S/C18H15Cl2O2.3C6H5.Sn/c1-12(2)11-18(22,14-5-9-16(20)10-6-14)17(21)13-3-7-15(19)8-4-13;3*1-2-4-6-5-3-1;/h3-10,22H,1-2,11H2;3*1-5H;. The third-order valence-electron chi connectivity index (χ3n) is 7.62. The minimum atomic E-state index is -3.74. The van der Waals surface area contributed by atoms with Crippen LogP contribution >= 0.6 is 23.2 Å². The molecule has 5 rings (SSSR count). The van der Waals surface area contributed by atoms with Gasteiger partial charge in [0.25, 0.3) is 0 Å². The molecule has 0 saturated heterocycles. The van der Waals surface area contributed by atoms with Crippen LogP contribution in [0.1, 0.15) is 22.3 Å². The number of hydrogen-bond donors (Lipinski definition) is 1. The van der Waals surface area contributed by atoms with Crippen LogP contribution in [0.2, 0.25) is 14.5 Å². The van der Waals surface area contributed by atoms with Crippen molar-refractivity contribution in [2.75, 3.05) is 0 Å². The second-order valence-electron chi connectivity index (χ2n) is 10.3. The first-order valence-corrected chi connectivity index (χ1v) is 20.5. The Balaban J connectivity index is 1.62. The SMILES string of the molecule is C=C(CC(O)(C(=O)c1ccc(Cl)cc1)c1ccc(Cl)cc1)[CH2][Sn]([c]1ccccc1)([c]1ccccc1)[c]1ccccc1. The molecule has 0 aliphatic heterocycles. The molecule has 2 nitrogen and oxygen atoms in total. The van der Waals surface area contributed by atoms with Crippen molar-refractivity contribution in [1.82, 2.24) is 0 Å². The van der Waals surface area contributed by atoms with Gasteiger partial charge >= 0.3 is 257 Å². The number of carbonyl (C=O) groups is 1. The zero-order chi connectivity index (χ0) is 28.9. The third kappa shape index (κ3) is 6.22. The molecule has 1 atom stereocenters. The van der Waals surface area contributed by atoms with Crippen LogP contribution in [0.25, 0.3) is 0 Å². The number of Topliss-reactive ketones (excluding diaryl/α,β-unsaturated/α-hetero) is 1. The molecule has 0 bridgehead atoms. The molecule has 0 amide bonds. The van der Waals surface area contributed by atoms with E-state index in [0.717, 1.165) is 5.57 Å². The predicted molar refractivity (Wildman–Crippen MR) is 174 cm³/mol. The van der Waals surface area contributed by atoms with Gasteiger partial charge in [-0.2, -0.15) is 0 Å². The number of aliphatic hydroxyl groups is 1. The first kappa shape index (κ1) is 29.3. The zero-order valence-electron chi connectivity index (χ0n) is 22.5. The number of hydrogen-bond acceptors (Lipinski definition) is 2. The molecule has 0 fully saturated rings. The van der Waals surface area contributed by atoms with E-state index in [9.17, 15) is 9.90 Å². The Morgan fingerprint density at radius 1 is 0.634 bits per heavy atom. The normalized spacial score (nSPS) is 12.9. The van der Waals surface area contributed by atoms with E-state index in [1.165, 1.54) is 10.7 Å². The van der Waals surface area contributed by atoms with Crippen LogP contribution in [0.5, 0.6) is 0 Å². The van der Waals surface area contributed by atoms with Crippen LogP contribution in [0, 0.1) is 0 Å². The Labute approximate surface area is 255 Å². The summed E-state index contributed by atoms with van der Waals surface area (Å²) in [6.45, 7) is 4.53. The van der Waals surface area contributed by atoms with Gasteiger partial charge in [-0.25, -0.2) is 0 Å².